The van der Waals surface area contributed by atoms with E-state index in [9.17, 15) is 9.59 Å². The van der Waals surface area contributed by atoms with Gasteiger partial charge in [-0.15, -0.1) is 0 Å². The molecule has 0 N–H and O–H groups in total. The van der Waals surface area contributed by atoms with Gasteiger partial charge in [-0.1, -0.05) is 41.5 Å². The number of ether oxygens (including phenoxy) is 2. The summed E-state index contributed by atoms with van der Waals surface area (Å²) >= 11 is 0. The standard InChI is InChI=1S/C24H46N2O4/c1-23(2,3)21(27)9-7-17-29-19-15-25-11-13-26(14-12-25)16-20-30-18-8-10-22(28)24(4,5)6/h7-20H2,1-6H3. The van der Waals surface area contributed by atoms with E-state index in [0.29, 0.717) is 37.6 Å². The molecule has 1 fully saturated rings. The van der Waals surface area contributed by atoms with E-state index < -0.39 is 0 Å². The Labute approximate surface area is 184 Å². The third-order valence-electron chi connectivity index (χ3n) is 5.63. The Morgan fingerprint density at radius 1 is 0.633 bits per heavy atom. The molecule has 0 aromatic rings. The zero-order chi connectivity index (χ0) is 22.6. The Kier molecular flexibility index (Phi) is 12.3. The lowest BCUT2D eigenvalue weighted by atomic mass is 9.88. The van der Waals surface area contributed by atoms with Crippen molar-refractivity contribution in [3.05, 3.63) is 0 Å². The van der Waals surface area contributed by atoms with Crippen molar-refractivity contribution in [2.45, 2.75) is 67.2 Å². The summed E-state index contributed by atoms with van der Waals surface area (Å²) < 4.78 is 11.4. The largest absolute Gasteiger partial charge is 0.380 e. The summed E-state index contributed by atoms with van der Waals surface area (Å²) in [5.74, 6) is 0.620. The van der Waals surface area contributed by atoms with Gasteiger partial charge in [0, 0.05) is 76.2 Å². The van der Waals surface area contributed by atoms with Crippen molar-refractivity contribution in [1.29, 1.82) is 0 Å². The van der Waals surface area contributed by atoms with Crippen LogP contribution in [-0.4, -0.2) is 87.1 Å². The number of Topliss-reactive ketones (excluding diaryl/α,β-unsaturated/α-hetero) is 2. The average molecular weight is 427 g/mol. The normalized spacial score (nSPS) is 16.7. The third-order valence-corrected chi connectivity index (χ3v) is 5.63. The number of piperazine rings is 1. The fourth-order valence-corrected chi connectivity index (χ4v) is 3.25. The molecule has 0 bridgehead atoms. The molecule has 176 valence electrons. The molecule has 1 saturated heterocycles. The molecule has 6 heteroatoms. The average Bonchev–Trinajstić information content (AvgIpc) is 2.66. The Bertz CT molecular complexity index is 454. The lowest BCUT2D eigenvalue weighted by Crippen LogP contribution is -2.48. The number of hydrogen-bond acceptors (Lipinski definition) is 6. The van der Waals surface area contributed by atoms with Gasteiger partial charge in [0.25, 0.3) is 0 Å². The summed E-state index contributed by atoms with van der Waals surface area (Å²) in [6.45, 7) is 20.8. The zero-order valence-electron chi connectivity index (χ0n) is 20.4. The molecule has 0 spiro atoms. The smallest absolute Gasteiger partial charge is 0.138 e. The molecule has 1 rings (SSSR count). The van der Waals surface area contributed by atoms with Crippen LogP contribution >= 0.6 is 0 Å². The second kappa shape index (κ2) is 13.6. The quantitative estimate of drug-likeness (QED) is 0.397. The summed E-state index contributed by atoms with van der Waals surface area (Å²) in [6, 6.07) is 0. The number of carbonyl (C=O) groups is 2. The van der Waals surface area contributed by atoms with Crippen LogP contribution in [-0.2, 0) is 19.1 Å². The van der Waals surface area contributed by atoms with E-state index in [0.717, 1.165) is 65.3 Å². The first kappa shape index (κ1) is 27.2. The third kappa shape index (κ3) is 12.1. The Balaban J connectivity index is 1.96. The van der Waals surface area contributed by atoms with Crippen molar-refractivity contribution >= 4 is 11.6 Å². The highest BCUT2D eigenvalue weighted by Gasteiger charge is 2.21. The van der Waals surface area contributed by atoms with Gasteiger partial charge in [-0.05, 0) is 12.8 Å². The minimum absolute atomic E-state index is 0.240. The molecule has 0 amide bonds. The number of hydrogen-bond donors (Lipinski definition) is 0. The molecule has 0 saturated carbocycles. The first-order valence-corrected chi connectivity index (χ1v) is 11.7. The molecule has 0 aromatic heterocycles. The van der Waals surface area contributed by atoms with Crippen LogP contribution < -0.4 is 0 Å². The van der Waals surface area contributed by atoms with Crippen LogP contribution in [0.4, 0.5) is 0 Å². The highest BCUT2D eigenvalue weighted by molar-refractivity contribution is 5.83. The van der Waals surface area contributed by atoms with Gasteiger partial charge in [0.15, 0.2) is 0 Å². The maximum atomic E-state index is 11.9. The fraction of sp³-hybridized carbons (Fsp3) is 0.917. The van der Waals surface area contributed by atoms with Crippen LogP contribution in [0.15, 0.2) is 0 Å². The number of rotatable bonds is 14. The highest BCUT2D eigenvalue weighted by atomic mass is 16.5. The molecule has 0 aliphatic carbocycles. The van der Waals surface area contributed by atoms with E-state index in [-0.39, 0.29) is 10.8 Å². The molecular formula is C24H46N2O4. The maximum absolute atomic E-state index is 11.9. The molecule has 1 aliphatic rings. The van der Waals surface area contributed by atoms with E-state index >= 15 is 0 Å². The van der Waals surface area contributed by atoms with Gasteiger partial charge in [0.2, 0.25) is 0 Å². The lowest BCUT2D eigenvalue weighted by molar-refractivity contribution is -0.127. The van der Waals surface area contributed by atoms with Crippen LogP contribution in [0.25, 0.3) is 0 Å². The van der Waals surface area contributed by atoms with E-state index in [4.69, 9.17) is 9.47 Å². The van der Waals surface area contributed by atoms with E-state index in [1.165, 1.54) is 0 Å². The molecule has 30 heavy (non-hydrogen) atoms. The minimum atomic E-state index is -0.240. The van der Waals surface area contributed by atoms with Crippen LogP contribution in [0, 0.1) is 10.8 Å². The van der Waals surface area contributed by atoms with Gasteiger partial charge in [-0.2, -0.15) is 0 Å². The topological polar surface area (TPSA) is 59.1 Å². The Morgan fingerprint density at radius 2 is 0.967 bits per heavy atom. The summed E-state index contributed by atoms with van der Waals surface area (Å²) in [7, 11) is 0. The number of ketones is 2. The van der Waals surface area contributed by atoms with Gasteiger partial charge in [0.1, 0.15) is 11.6 Å². The summed E-state index contributed by atoms with van der Waals surface area (Å²) in [4.78, 5) is 28.6. The van der Waals surface area contributed by atoms with Gasteiger partial charge >= 0.3 is 0 Å². The van der Waals surface area contributed by atoms with Crippen molar-refractivity contribution in [1.82, 2.24) is 9.80 Å². The minimum Gasteiger partial charge on any atom is -0.380 e. The molecule has 6 nitrogen and oxygen atoms in total. The van der Waals surface area contributed by atoms with Crippen molar-refractivity contribution in [3.8, 4) is 0 Å². The molecule has 1 heterocycles. The van der Waals surface area contributed by atoms with Crippen molar-refractivity contribution in [2.75, 3.05) is 65.7 Å². The first-order chi connectivity index (χ1) is 14.0. The van der Waals surface area contributed by atoms with Gasteiger partial charge in [0.05, 0.1) is 13.2 Å². The summed E-state index contributed by atoms with van der Waals surface area (Å²) in [5.41, 5.74) is -0.480. The van der Waals surface area contributed by atoms with E-state index in [1.54, 1.807) is 0 Å². The monoisotopic (exact) mass is 426 g/mol. The molecule has 0 unspecified atom stereocenters. The lowest BCUT2D eigenvalue weighted by Gasteiger charge is -2.34. The maximum Gasteiger partial charge on any atom is 0.138 e. The van der Waals surface area contributed by atoms with Crippen molar-refractivity contribution < 1.29 is 19.1 Å². The highest BCUT2D eigenvalue weighted by Crippen LogP contribution is 2.18. The second-order valence-corrected chi connectivity index (χ2v) is 10.5. The van der Waals surface area contributed by atoms with Crippen LogP contribution in [0.1, 0.15) is 67.2 Å². The van der Waals surface area contributed by atoms with E-state index in [2.05, 4.69) is 9.80 Å². The summed E-state index contributed by atoms with van der Waals surface area (Å²) in [5, 5.41) is 0. The first-order valence-electron chi connectivity index (χ1n) is 11.7. The van der Waals surface area contributed by atoms with Crippen molar-refractivity contribution in [2.24, 2.45) is 10.8 Å². The fourth-order valence-electron chi connectivity index (χ4n) is 3.25. The second-order valence-electron chi connectivity index (χ2n) is 10.5. The van der Waals surface area contributed by atoms with E-state index in [1.807, 2.05) is 41.5 Å². The van der Waals surface area contributed by atoms with Crippen LogP contribution in [0.3, 0.4) is 0 Å². The van der Waals surface area contributed by atoms with Crippen LogP contribution in [0.2, 0.25) is 0 Å². The summed E-state index contributed by atoms with van der Waals surface area (Å²) in [6.07, 6.45) is 2.84. The Morgan fingerprint density at radius 3 is 1.27 bits per heavy atom. The number of carbonyl (C=O) groups excluding carboxylic acids is 2. The SMILES string of the molecule is CC(C)(C)C(=O)CCCOCCN1CCN(CCOCCCC(=O)C(C)(C)C)CC1. The van der Waals surface area contributed by atoms with Gasteiger partial charge in [-0.25, -0.2) is 0 Å². The molecule has 0 aromatic carbocycles. The molecule has 1 aliphatic heterocycles. The Hall–Kier alpha value is -0.820. The zero-order valence-corrected chi connectivity index (χ0v) is 20.4. The van der Waals surface area contributed by atoms with Crippen molar-refractivity contribution in [3.63, 3.8) is 0 Å². The molecule has 0 atom stereocenters. The van der Waals surface area contributed by atoms with Gasteiger partial charge in [-0.3, -0.25) is 19.4 Å². The molecular weight excluding hydrogens is 380 g/mol. The predicted molar refractivity (Wildman–Crippen MR) is 122 cm³/mol. The van der Waals surface area contributed by atoms with Gasteiger partial charge < -0.3 is 9.47 Å². The van der Waals surface area contributed by atoms with Crippen LogP contribution in [0.5, 0.6) is 0 Å². The molecule has 0 radical (unpaired) electrons. The predicted octanol–water partition coefficient (Wildman–Crippen LogP) is 3.43. The number of nitrogens with zero attached hydrogens (tertiary/aromatic N) is 2.